The lowest BCUT2D eigenvalue weighted by Crippen LogP contribution is -2.62. The summed E-state index contributed by atoms with van der Waals surface area (Å²) in [5, 5.41) is 52.7. The fourth-order valence-electron chi connectivity index (χ4n) is 9.51. The third-order valence-electron chi connectivity index (χ3n) is 13.8. The number of hydrogen-bond donors (Lipinski definition) is 14. The van der Waals surface area contributed by atoms with Crippen LogP contribution >= 0.6 is 0 Å². The molecule has 28 nitrogen and oxygen atoms in total. The molecule has 0 spiro atoms. The number of carboxylic acid groups (broad SMARTS) is 1. The highest BCUT2D eigenvalue weighted by Crippen LogP contribution is 2.21. The van der Waals surface area contributed by atoms with Crippen LogP contribution in [0.2, 0.25) is 0 Å². The number of aromatic nitrogens is 3. The maximum Gasteiger partial charge on any atom is 0.300 e. The molecule has 0 saturated carbocycles. The van der Waals surface area contributed by atoms with Gasteiger partial charge in [-0.15, -0.1) is 0 Å². The number of fused-ring (bicyclic) bond motifs is 1. The molecule has 14 N–H and O–H groups in total. The molecule has 2 saturated heterocycles. The summed E-state index contributed by atoms with van der Waals surface area (Å²) in [5.74, 6) is -8.10. The number of aromatic hydroxyl groups is 1. The monoisotopic (exact) mass is 1200 g/mol. The number of carbonyl (C=O) groups is 11. The van der Waals surface area contributed by atoms with Crippen molar-refractivity contribution >= 4 is 75.9 Å². The van der Waals surface area contributed by atoms with Gasteiger partial charge in [-0.3, -0.25) is 52.7 Å². The number of carbonyl (C=O) groups excluding carboxylic acids is 10. The van der Waals surface area contributed by atoms with Crippen LogP contribution in [0.3, 0.4) is 0 Å². The molecule has 0 unspecified atom stereocenters. The van der Waals surface area contributed by atoms with Crippen molar-refractivity contribution in [2.45, 2.75) is 154 Å². The van der Waals surface area contributed by atoms with Gasteiger partial charge in [-0.25, -0.2) is 4.98 Å². The third kappa shape index (κ3) is 21.3. The number of aromatic amines is 2. The molecule has 2 fully saturated rings. The van der Waals surface area contributed by atoms with Crippen molar-refractivity contribution in [2.24, 2.45) is 5.92 Å². The largest absolute Gasteiger partial charge is 0.508 e. The summed E-state index contributed by atoms with van der Waals surface area (Å²) < 4.78 is 5.98. The standard InChI is InChI=1S/C56H77N13O13.C2H4O2/c1-7-58-55(81)45-13-10-20-69(45)47(73)27-60-48(74)39(21-31(2)3)63-54(80)44(29-82-56(4,5)6)68-50(76)40(22-32-14-16-35(71)17-15-32)64-53(79)43(28-70)67-51(77)41(23-33-25-59-37-12-9-8-11-36(33)37)65-52(78)42(24-34-26-57-30-61-34)66-49(75)38-18-19-46(72)62-38;1-2(3)4/h8-9,11-12,14-17,25-26,30-31,38-45,59,70-71H,7,10,13,18-24,27-29H2,1-6H3,(H,57,61)(H,58,81)(H,60,74)(H,62,72)(H,63,80)(H,64,79)(H,65,78)(H,66,75)(H,67,77)(H,68,76);1H3,(H,3,4)/t38-,39-,40-,41-,42-,43-,44+,45-;/m0./s1. The molecule has 2 aliphatic heterocycles. The van der Waals surface area contributed by atoms with E-state index < -0.39 is 127 Å². The maximum absolute atomic E-state index is 14.6. The van der Waals surface area contributed by atoms with E-state index in [1.807, 2.05) is 19.9 Å². The number of aliphatic hydroxyl groups excluding tert-OH is 1. The highest BCUT2D eigenvalue weighted by Gasteiger charge is 2.38. The van der Waals surface area contributed by atoms with Gasteiger partial charge in [-0.2, -0.15) is 0 Å². The number of nitrogens with zero attached hydrogens (tertiary/aromatic N) is 2. The number of likely N-dealkylation sites (tertiary alicyclic amines) is 1. The van der Waals surface area contributed by atoms with Crippen molar-refractivity contribution in [3.05, 3.63) is 84.1 Å². The molecule has 0 aliphatic carbocycles. The molecule has 6 rings (SSSR count). The van der Waals surface area contributed by atoms with Crippen molar-refractivity contribution in [3.63, 3.8) is 0 Å². The van der Waals surface area contributed by atoms with Crippen LogP contribution in [0.1, 0.15) is 97.4 Å². The quantitative estimate of drug-likeness (QED) is 0.0324. The number of H-pyrrole nitrogens is 2. The highest BCUT2D eigenvalue weighted by atomic mass is 16.5. The zero-order valence-electron chi connectivity index (χ0n) is 49.4. The fourth-order valence-corrected chi connectivity index (χ4v) is 9.51. The van der Waals surface area contributed by atoms with E-state index in [0.717, 1.165) is 12.4 Å². The number of ether oxygens (including phenoxy) is 1. The molecule has 86 heavy (non-hydrogen) atoms. The number of rotatable bonds is 28. The molecule has 4 aromatic rings. The molecule has 0 bridgehead atoms. The minimum atomic E-state index is -1.76. The van der Waals surface area contributed by atoms with Gasteiger partial charge >= 0.3 is 0 Å². The number of aliphatic hydroxyl groups is 1. The number of aliphatic carboxylic acids is 1. The van der Waals surface area contributed by atoms with Gasteiger partial charge in [0.25, 0.3) is 5.97 Å². The van der Waals surface area contributed by atoms with Gasteiger partial charge in [0.2, 0.25) is 59.1 Å². The van der Waals surface area contributed by atoms with Gasteiger partial charge in [0, 0.05) is 74.7 Å². The van der Waals surface area contributed by atoms with E-state index in [0.29, 0.717) is 48.1 Å². The van der Waals surface area contributed by atoms with Crippen LogP contribution in [-0.4, -0.2) is 187 Å². The lowest BCUT2D eigenvalue weighted by atomic mass is 10.0. The summed E-state index contributed by atoms with van der Waals surface area (Å²) in [4.78, 5) is 158. The van der Waals surface area contributed by atoms with Crippen molar-refractivity contribution in [1.82, 2.24) is 67.7 Å². The number of carboxylic acids is 1. The average Bonchev–Trinajstić information content (AvgIpc) is 3.35. The molecule has 8 atom stereocenters. The zero-order chi connectivity index (χ0) is 63.3. The van der Waals surface area contributed by atoms with Crippen molar-refractivity contribution in [2.75, 3.05) is 32.8 Å². The van der Waals surface area contributed by atoms with E-state index in [9.17, 15) is 58.2 Å². The summed E-state index contributed by atoms with van der Waals surface area (Å²) in [7, 11) is 0. The first-order valence-electron chi connectivity index (χ1n) is 28.5. The normalized spacial score (nSPS) is 16.8. The molecule has 2 aromatic carbocycles. The smallest absolute Gasteiger partial charge is 0.300 e. The van der Waals surface area contributed by atoms with Crippen LogP contribution in [0.25, 0.3) is 10.9 Å². The Morgan fingerprint density at radius 2 is 1.33 bits per heavy atom. The Kier molecular flexibility index (Phi) is 25.6. The average molecular weight is 1200 g/mol. The topological polar surface area (TPSA) is 414 Å². The minimum Gasteiger partial charge on any atom is -0.508 e. The number of phenols is 1. The van der Waals surface area contributed by atoms with Gasteiger partial charge in [0.15, 0.2) is 0 Å². The molecule has 0 radical (unpaired) electrons. The number of likely N-dealkylation sites (N-methyl/N-ethyl adjacent to an activating group) is 1. The van der Waals surface area contributed by atoms with Crippen LogP contribution in [-0.2, 0) is 76.7 Å². The molecule has 2 aliphatic rings. The Hall–Kier alpha value is -8.92. The van der Waals surface area contributed by atoms with E-state index >= 15 is 0 Å². The zero-order valence-corrected chi connectivity index (χ0v) is 49.4. The van der Waals surface area contributed by atoms with Crippen LogP contribution < -0.4 is 47.9 Å². The van der Waals surface area contributed by atoms with Gasteiger partial charge in [0.05, 0.1) is 31.7 Å². The summed E-state index contributed by atoms with van der Waals surface area (Å²) in [6.07, 6.45) is 5.48. The van der Waals surface area contributed by atoms with Crippen LogP contribution in [0.4, 0.5) is 0 Å². The van der Waals surface area contributed by atoms with Crippen molar-refractivity contribution < 1.29 is 72.8 Å². The Morgan fingerprint density at radius 3 is 1.92 bits per heavy atom. The van der Waals surface area contributed by atoms with Crippen molar-refractivity contribution in [1.29, 1.82) is 0 Å². The highest BCUT2D eigenvalue weighted by molar-refractivity contribution is 5.99. The SMILES string of the molecule is CC(=O)O.CCNC(=O)[C@@H]1CCCN1C(=O)CNC(=O)[C@H](CC(C)C)NC(=O)[C@@H](COC(C)(C)C)NC(=O)[C@H](Cc1ccc(O)cc1)NC(=O)[C@H](CO)NC(=O)[C@H](Cc1c[nH]c2ccccc12)NC(=O)[C@H](Cc1cnc[nH]1)NC(=O)[C@@H]1CCC(=O)N1. The number of benzene rings is 2. The number of para-hydroxylation sites is 1. The summed E-state index contributed by atoms with van der Waals surface area (Å²) in [5.41, 5.74) is 1.34. The summed E-state index contributed by atoms with van der Waals surface area (Å²) >= 11 is 0. The lowest BCUT2D eigenvalue weighted by Gasteiger charge is -2.29. The second-order valence-corrected chi connectivity index (χ2v) is 22.4. The number of nitrogens with one attached hydrogen (secondary N) is 11. The number of amides is 10. The van der Waals surface area contributed by atoms with Gasteiger partial charge in [-0.05, 0) is 88.6 Å². The van der Waals surface area contributed by atoms with E-state index in [4.69, 9.17) is 14.6 Å². The molecule has 28 heteroatoms. The molecule has 2 aromatic heterocycles. The molecular formula is C58H81N13O15. The van der Waals surface area contributed by atoms with E-state index in [1.54, 1.807) is 52.1 Å². The van der Waals surface area contributed by atoms with E-state index in [1.165, 1.54) is 41.7 Å². The second kappa shape index (κ2) is 32.4. The van der Waals surface area contributed by atoms with Crippen LogP contribution in [0, 0.1) is 5.92 Å². The number of hydrogen-bond acceptors (Lipinski definition) is 15. The fraction of sp³-hybridized carbons (Fsp3) is 0.517. The third-order valence-corrected chi connectivity index (χ3v) is 13.8. The summed E-state index contributed by atoms with van der Waals surface area (Å²) in [6, 6.07) is 2.55. The van der Waals surface area contributed by atoms with Gasteiger partial charge < -0.3 is 82.8 Å². The molecule has 468 valence electrons. The first-order valence-corrected chi connectivity index (χ1v) is 28.5. The maximum atomic E-state index is 14.6. The summed E-state index contributed by atoms with van der Waals surface area (Å²) in [6.45, 7) is 10.5. The van der Waals surface area contributed by atoms with E-state index in [-0.39, 0.29) is 62.0 Å². The lowest BCUT2D eigenvalue weighted by molar-refractivity contribution is -0.139. The van der Waals surface area contributed by atoms with Gasteiger partial charge in [0.1, 0.15) is 54.1 Å². The number of imidazole rings is 1. The van der Waals surface area contributed by atoms with Crippen LogP contribution in [0.15, 0.2) is 67.3 Å². The molecule has 10 amide bonds. The second-order valence-electron chi connectivity index (χ2n) is 22.4. The first kappa shape index (κ1) is 67.9. The molecular weight excluding hydrogens is 1120 g/mol. The van der Waals surface area contributed by atoms with Gasteiger partial charge in [-0.1, -0.05) is 44.2 Å². The van der Waals surface area contributed by atoms with Crippen LogP contribution in [0.5, 0.6) is 5.75 Å². The molecule has 4 heterocycles. The Balaban J connectivity index is 0.00000327. The Morgan fingerprint density at radius 1 is 0.733 bits per heavy atom. The predicted octanol–water partition coefficient (Wildman–Crippen LogP) is -1.00. The van der Waals surface area contributed by atoms with E-state index in [2.05, 4.69) is 62.8 Å². The predicted molar refractivity (Wildman–Crippen MR) is 311 cm³/mol. The Bertz CT molecular complexity index is 2990. The number of phenolic OH excluding ortho intramolecular Hbond substituents is 1. The first-order chi connectivity index (χ1) is 40.7. The van der Waals surface area contributed by atoms with Crippen molar-refractivity contribution in [3.8, 4) is 5.75 Å². The Labute approximate surface area is 497 Å². The minimum absolute atomic E-state index is 0.0940.